The van der Waals surface area contributed by atoms with E-state index in [4.69, 9.17) is 9.47 Å². The van der Waals surface area contributed by atoms with Gasteiger partial charge < -0.3 is 28.7 Å². The van der Waals surface area contributed by atoms with E-state index in [0.717, 1.165) is 34.2 Å². The standard InChI is InChI=1S/C46H57N7O6S/c1-9-12-39(51(6)46(57)36(28-47)27-42-48-18-24-60-42)33-14-16-34(17-15-33)45(56)49(4)19-11-10-13-43(54)53-22-20-52(21-23-53)30-38-40(58-7)25-35(26-41(38)59-8)37-29-50(5)44(55)32(3)31(37)2/h14-18,24-27,29,39H,9-13,19-23,30H2,1-8H3/b36-27+. The largest absolute Gasteiger partial charge is 0.496 e. The van der Waals surface area contributed by atoms with Crippen LogP contribution in [0.5, 0.6) is 11.5 Å². The first-order chi connectivity index (χ1) is 28.8. The number of amides is 3. The molecule has 60 heavy (non-hydrogen) atoms. The molecule has 2 aromatic heterocycles. The number of aryl methyl sites for hydroxylation is 1. The minimum absolute atomic E-state index is 0.0175. The highest BCUT2D eigenvalue weighted by Crippen LogP contribution is 2.37. The van der Waals surface area contributed by atoms with Gasteiger partial charge in [-0.05, 0) is 80.1 Å². The fourth-order valence-electron chi connectivity index (χ4n) is 7.65. The lowest BCUT2D eigenvalue weighted by molar-refractivity contribution is -0.133. The van der Waals surface area contributed by atoms with E-state index in [2.05, 4.69) is 9.88 Å². The van der Waals surface area contributed by atoms with Gasteiger partial charge in [0.15, 0.2) is 0 Å². The van der Waals surface area contributed by atoms with Crippen molar-refractivity contribution in [1.82, 2.24) is 29.2 Å². The lowest BCUT2D eigenvalue weighted by Gasteiger charge is -2.35. The number of hydrogen-bond acceptors (Lipinski definition) is 10. The quantitative estimate of drug-likeness (QED) is 0.0651. The monoisotopic (exact) mass is 835 g/mol. The molecule has 0 radical (unpaired) electrons. The summed E-state index contributed by atoms with van der Waals surface area (Å²) in [6.07, 6.45) is 8.30. The van der Waals surface area contributed by atoms with E-state index in [1.165, 1.54) is 17.4 Å². The Morgan fingerprint density at radius 1 is 1.00 bits per heavy atom. The number of unbranched alkanes of at least 4 members (excludes halogenated alkanes) is 1. The van der Waals surface area contributed by atoms with E-state index in [0.29, 0.717) is 92.6 Å². The second-order valence-corrected chi connectivity index (χ2v) is 16.2. The lowest BCUT2D eigenvalue weighted by atomic mass is 9.97. The zero-order valence-corrected chi connectivity index (χ0v) is 36.9. The highest BCUT2D eigenvalue weighted by atomic mass is 32.1. The van der Waals surface area contributed by atoms with Gasteiger partial charge in [0.25, 0.3) is 17.4 Å². The average Bonchev–Trinajstić information content (AvgIpc) is 3.79. The first-order valence-electron chi connectivity index (χ1n) is 20.4. The van der Waals surface area contributed by atoms with Gasteiger partial charge in [-0.25, -0.2) is 4.98 Å². The Balaban J connectivity index is 1.09. The summed E-state index contributed by atoms with van der Waals surface area (Å²) >= 11 is 1.36. The van der Waals surface area contributed by atoms with Gasteiger partial charge in [-0.3, -0.25) is 24.1 Å². The van der Waals surface area contributed by atoms with Crippen molar-refractivity contribution in [2.75, 3.05) is 61.0 Å². The predicted octanol–water partition coefficient (Wildman–Crippen LogP) is 6.64. The number of nitriles is 1. The lowest BCUT2D eigenvalue weighted by Crippen LogP contribution is -2.48. The van der Waals surface area contributed by atoms with E-state index < -0.39 is 0 Å². The van der Waals surface area contributed by atoms with Crippen molar-refractivity contribution in [2.24, 2.45) is 7.05 Å². The topological polar surface area (TPSA) is 141 Å². The number of likely N-dealkylation sites (N-methyl/N-ethyl adjacent to an activating group) is 1. The van der Waals surface area contributed by atoms with Gasteiger partial charge in [0.05, 0.1) is 25.8 Å². The van der Waals surface area contributed by atoms with E-state index in [1.807, 2.05) is 62.2 Å². The molecule has 1 saturated heterocycles. The molecule has 14 heteroatoms. The van der Waals surface area contributed by atoms with Crippen molar-refractivity contribution in [2.45, 2.75) is 65.5 Å². The van der Waals surface area contributed by atoms with Gasteiger partial charge in [0, 0.05) is 101 Å². The van der Waals surface area contributed by atoms with Crippen molar-refractivity contribution < 1.29 is 23.9 Å². The molecule has 2 aromatic carbocycles. The minimum Gasteiger partial charge on any atom is -0.496 e. The van der Waals surface area contributed by atoms with Crippen molar-refractivity contribution in [3.05, 3.63) is 103 Å². The van der Waals surface area contributed by atoms with Crippen molar-refractivity contribution in [3.8, 4) is 28.7 Å². The van der Waals surface area contributed by atoms with Gasteiger partial charge >= 0.3 is 0 Å². The Labute approximate surface area is 357 Å². The van der Waals surface area contributed by atoms with Crippen LogP contribution in [0.2, 0.25) is 0 Å². The maximum Gasteiger partial charge on any atom is 0.264 e. The summed E-state index contributed by atoms with van der Waals surface area (Å²) < 4.78 is 13.3. The molecule has 1 atom stereocenters. The minimum atomic E-state index is -0.377. The Kier molecular flexibility index (Phi) is 15.8. The number of ether oxygens (including phenoxy) is 2. The molecule has 1 aliphatic heterocycles. The van der Waals surface area contributed by atoms with Crippen LogP contribution < -0.4 is 15.0 Å². The third kappa shape index (κ3) is 10.7. The maximum atomic E-state index is 13.3. The smallest absolute Gasteiger partial charge is 0.264 e. The van der Waals surface area contributed by atoms with Crippen LogP contribution in [0.3, 0.4) is 0 Å². The Bertz CT molecular complexity index is 2250. The summed E-state index contributed by atoms with van der Waals surface area (Å²) in [6, 6.07) is 13.1. The molecule has 0 spiro atoms. The molecule has 0 aliphatic carbocycles. The SMILES string of the molecule is CCCC(c1ccc(C(=O)N(C)CCCCC(=O)N2CCN(Cc3c(OC)cc(-c4cn(C)c(=O)c(C)c4C)cc3OC)CC2)cc1)N(C)C(=O)/C(C#N)=C/c1nccs1. The second kappa shape index (κ2) is 21.0. The fraction of sp³-hybridized carbons (Fsp3) is 0.435. The van der Waals surface area contributed by atoms with Crippen LogP contribution in [0.1, 0.15) is 82.7 Å². The molecule has 4 aromatic rings. The van der Waals surface area contributed by atoms with Crippen LogP contribution >= 0.6 is 11.3 Å². The predicted molar refractivity (Wildman–Crippen MR) is 235 cm³/mol. The number of carbonyl (C=O) groups excluding carboxylic acids is 3. The molecule has 1 unspecified atom stereocenters. The molecule has 5 rings (SSSR count). The van der Waals surface area contributed by atoms with Gasteiger partial charge in [-0.1, -0.05) is 25.5 Å². The molecule has 0 saturated carbocycles. The summed E-state index contributed by atoms with van der Waals surface area (Å²) in [5, 5.41) is 12.1. The first-order valence-corrected chi connectivity index (χ1v) is 21.3. The van der Waals surface area contributed by atoms with E-state index >= 15 is 0 Å². The number of hydrogen-bond donors (Lipinski definition) is 0. The summed E-state index contributed by atoms with van der Waals surface area (Å²) in [5.41, 5.74) is 5.85. The summed E-state index contributed by atoms with van der Waals surface area (Å²) in [7, 11) is 8.52. The summed E-state index contributed by atoms with van der Waals surface area (Å²) in [5.74, 6) is 1.04. The van der Waals surface area contributed by atoms with Crippen molar-refractivity contribution in [3.63, 3.8) is 0 Å². The molecule has 0 bridgehead atoms. The van der Waals surface area contributed by atoms with Gasteiger partial charge in [-0.15, -0.1) is 11.3 Å². The summed E-state index contributed by atoms with van der Waals surface area (Å²) in [4.78, 5) is 64.0. The number of pyridine rings is 1. The normalized spacial score (nSPS) is 13.7. The molecule has 3 heterocycles. The Morgan fingerprint density at radius 3 is 2.25 bits per heavy atom. The van der Waals surface area contributed by atoms with Crippen LogP contribution in [-0.2, 0) is 23.2 Å². The molecule has 0 N–H and O–H groups in total. The third-order valence-corrected chi connectivity index (χ3v) is 12.1. The number of methoxy groups -OCH3 is 2. The maximum absolute atomic E-state index is 13.3. The molecule has 3 amide bonds. The number of nitrogens with zero attached hydrogens (tertiary/aromatic N) is 7. The highest BCUT2D eigenvalue weighted by molar-refractivity contribution is 7.10. The Hall–Kier alpha value is -5.78. The molecule has 318 valence electrons. The number of carbonyl (C=O) groups is 3. The van der Waals surface area contributed by atoms with Crippen molar-refractivity contribution in [1.29, 1.82) is 5.26 Å². The van der Waals surface area contributed by atoms with Crippen LogP contribution in [0.4, 0.5) is 0 Å². The van der Waals surface area contributed by atoms with Gasteiger partial charge in [0.2, 0.25) is 5.91 Å². The second-order valence-electron chi connectivity index (χ2n) is 15.3. The van der Waals surface area contributed by atoms with Crippen LogP contribution in [0.25, 0.3) is 17.2 Å². The zero-order valence-electron chi connectivity index (χ0n) is 36.1. The first kappa shape index (κ1) is 45.3. The van der Waals surface area contributed by atoms with E-state index in [1.54, 1.807) is 73.4 Å². The Morgan fingerprint density at radius 2 is 1.67 bits per heavy atom. The third-order valence-electron chi connectivity index (χ3n) is 11.4. The van der Waals surface area contributed by atoms with E-state index in [9.17, 15) is 24.4 Å². The van der Waals surface area contributed by atoms with Crippen molar-refractivity contribution >= 4 is 35.1 Å². The average molecular weight is 836 g/mol. The van der Waals surface area contributed by atoms with E-state index in [-0.39, 0.29) is 34.9 Å². The highest BCUT2D eigenvalue weighted by Gasteiger charge is 2.26. The molecular formula is C46H57N7O6S. The number of rotatable bonds is 17. The molecule has 1 fully saturated rings. The number of benzene rings is 2. The van der Waals surface area contributed by atoms with Gasteiger partial charge in [-0.2, -0.15) is 5.26 Å². The molecule has 13 nitrogen and oxygen atoms in total. The fourth-order valence-corrected chi connectivity index (χ4v) is 8.22. The van der Waals surface area contributed by atoms with Crippen LogP contribution in [0, 0.1) is 25.2 Å². The number of thiazole rings is 1. The van der Waals surface area contributed by atoms with Gasteiger partial charge in [0.1, 0.15) is 28.1 Å². The van der Waals surface area contributed by atoms with Crippen LogP contribution in [-0.4, -0.2) is 108 Å². The molecule has 1 aliphatic rings. The van der Waals surface area contributed by atoms with Crippen LogP contribution in [0.15, 0.2) is 64.5 Å². The summed E-state index contributed by atoms with van der Waals surface area (Å²) in [6.45, 7) is 9.64. The molecular weight excluding hydrogens is 779 g/mol. The number of piperazine rings is 1. The zero-order chi connectivity index (χ0) is 43.5. The number of aromatic nitrogens is 2.